The third-order valence-corrected chi connectivity index (χ3v) is 2.39. The summed E-state index contributed by atoms with van der Waals surface area (Å²) < 4.78 is 1.82. The Bertz CT molecular complexity index is 432. The average molecular weight is 194 g/mol. The summed E-state index contributed by atoms with van der Waals surface area (Å²) >= 11 is 0. The molecule has 0 aliphatic carbocycles. The van der Waals surface area contributed by atoms with Gasteiger partial charge in [0.2, 0.25) is 0 Å². The predicted octanol–water partition coefficient (Wildman–Crippen LogP) is 0.355. The number of aromatic nitrogens is 1. The van der Waals surface area contributed by atoms with Crippen molar-refractivity contribution in [3.8, 4) is 0 Å². The maximum Gasteiger partial charge on any atom is 0.254 e. The van der Waals surface area contributed by atoms with Gasteiger partial charge >= 0.3 is 0 Å². The quantitative estimate of drug-likeness (QED) is 0.738. The third-order valence-electron chi connectivity index (χ3n) is 2.39. The molecule has 0 unspecified atom stereocenters. The standard InChI is InChI=1S/C10H14N2O2/c1-4-7-9(10(11)14)8(13)5-6(2)12(7)3/h5H,4H2,1-3H3,(H2,11,14). The molecule has 0 aromatic carbocycles. The van der Waals surface area contributed by atoms with Crippen LogP contribution in [0.5, 0.6) is 0 Å². The molecule has 0 radical (unpaired) electrons. The summed E-state index contributed by atoms with van der Waals surface area (Å²) in [4.78, 5) is 22.6. The maximum atomic E-state index is 11.5. The number of carbonyl (C=O) groups excluding carboxylic acids is 1. The highest BCUT2D eigenvalue weighted by molar-refractivity contribution is 5.93. The first-order valence-electron chi connectivity index (χ1n) is 4.48. The Kier molecular flexibility index (Phi) is 2.74. The average Bonchev–Trinajstić information content (AvgIpc) is 2.09. The summed E-state index contributed by atoms with van der Waals surface area (Å²) in [7, 11) is 1.82. The third kappa shape index (κ3) is 1.55. The zero-order chi connectivity index (χ0) is 10.9. The molecular weight excluding hydrogens is 180 g/mol. The molecule has 1 aromatic heterocycles. The van der Waals surface area contributed by atoms with Crippen molar-refractivity contribution in [3.05, 3.63) is 33.2 Å². The fourth-order valence-corrected chi connectivity index (χ4v) is 1.56. The Labute approximate surface area is 82.3 Å². The van der Waals surface area contributed by atoms with Crippen molar-refractivity contribution in [1.29, 1.82) is 0 Å². The van der Waals surface area contributed by atoms with E-state index in [0.29, 0.717) is 12.1 Å². The van der Waals surface area contributed by atoms with Crippen LogP contribution in [-0.4, -0.2) is 10.5 Å². The van der Waals surface area contributed by atoms with E-state index in [9.17, 15) is 9.59 Å². The minimum atomic E-state index is -0.651. The molecule has 2 N–H and O–H groups in total. The lowest BCUT2D eigenvalue weighted by Crippen LogP contribution is -2.27. The van der Waals surface area contributed by atoms with Crippen molar-refractivity contribution in [2.45, 2.75) is 20.3 Å². The molecule has 14 heavy (non-hydrogen) atoms. The SMILES string of the molecule is CCc1c(C(N)=O)c(=O)cc(C)n1C. The van der Waals surface area contributed by atoms with Crippen LogP contribution in [0.25, 0.3) is 0 Å². The van der Waals surface area contributed by atoms with E-state index < -0.39 is 5.91 Å². The van der Waals surface area contributed by atoms with Crippen LogP contribution in [0.4, 0.5) is 0 Å². The van der Waals surface area contributed by atoms with Crippen molar-refractivity contribution < 1.29 is 4.79 Å². The number of pyridine rings is 1. The molecule has 1 heterocycles. The van der Waals surface area contributed by atoms with E-state index in [1.54, 1.807) is 0 Å². The van der Waals surface area contributed by atoms with E-state index >= 15 is 0 Å². The second-order valence-electron chi connectivity index (χ2n) is 3.25. The first-order valence-corrected chi connectivity index (χ1v) is 4.48. The number of aryl methyl sites for hydroxylation is 1. The Morgan fingerprint density at radius 3 is 2.57 bits per heavy atom. The molecule has 0 saturated carbocycles. The fraction of sp³-hybridized carbons (Fsp3) is 0.400. The van der Waals surface area contributed by atoms with Gasteiger partial charge in [-0.1, -0.05) is 6.92 Å². The number of hydrogen-bond donors (Lipinski definition) is 1. The normalized spacial score (nSPS) is 10.2. The van der Waals surface area contributed by atoms with Crippen LogP contribution < -0.4 is 11.2 Å². The molecule has 0 saturated heterocycles. The lowest BCUT2D eigenvalue weighted by molar-refractivity contribution is 0.0997. The first-order chi connectivity index (χ1) is 6.49. The van der Waals surface area contributed by atoms with Crippen molar-refractivity contribution in [2.75, 3.05) is 0 Å². The number of nitrogens with zero attached hydrogens (tertiary/aromatic N) is 1. The monoisotopic (exact) mass is 194 g/mol. The zero-order valence-electron chi connectivity index (χ0n) is 8.63. The zero-order valence-corrected chi connectivity index (χ0v) is 8.63. The van der Waals surface area contributed by atoms with Crippen LogP contribution in [0.15, 0.2) is 10.9 Å². The second kappa shape index (κ2) is 3.65. The molecule has 76 valence electrons. The molecule has 4 heteroatoms. The molecule has 0 spiro atoms. The van der Waals surface area contributed by atoms with Gasteiger partial charge in [-0.15, -0.1) is 0 Å². The summed E-state index contributed by atoms with van der Waals surface area (Å²) in [6.07, 6.45) is 0.617. The summed E-state index contributed by atoms with van der Waals surface area (Å²) in [5, 5.41) is 0. The maximum absolute atomic E-state index is 11.5. The minimum absolute atomic E-state index is 0.112. The van der Waals surface area contributed by atoms with E-state index in [1.165, 1.54) is 6.07 Å². The molecule has 0 aliphatic heterocycles. The molecule has 0 atom stereocenters. The van der Waals surface area contributed by atoms with E-state index in [2.05, 4.69) is 0 Å². The van der Waals surface area contributed by atoms with Crippen LogP contribution in [0.3, 0.4) is 0 Å². The molecule has 4 nitrogen and oxygen atoms in total. The van der Waals surface area contributed by atoms with Gasteiger partial charge in [0.25, 0.3) is 5.91 Å². The van der Waals surface area contributed by atoms with Gasteiger partial charge in [-0.05, 0) is 13.3 Å². The van der Waals surface area contributed by atoms with Crippen LogP contribution in [0.1, 0.15) is 28.7 Å². The van der Waals surface area contributed by atoms with Crippen molar-refractivity contribution in [2.24, 2.45) is 12.8 Å². The lowest BCUT2D eigenvalue weighted by atomic mass is 10.1. The topological polar surface area (TPSA) is 65.1 Å². The largest absolute Gasteiger partial charge is 0.365 e. The van der Waals surface area contributed by atoms with Gasteiger partial charge in [0.05, 0.1) is 0 Å². The number of rotatable bonds is 2. The molecule has 1 aromatic rings. The summed E-state index contributed by atoms with van der Waals surface area (Å²) in [5.74, 6) is -0.651. The lowest BCUT2D eigenvalue weighted by Gasteiger charge is -2.13. The smallest absolute Gasteiger partial charge is 0.254 e. The van der Waals surface area contributed by atoms with Gasteiger partial charge < -0.3 is 10.3 Å². The fourth-order valence-electron chi connectivity index (χ4n) is 1.56. The van der Waals surface area contributed by atoms with Crippen molar-refractivity contribution in [1.82, 2.24) is 4.57 Å². The van der Waals surface area contributed by atoms with E-state index in [4.69, 9.17) is 5.73 Å². The van der Waals surface area contributed by atoms with E-state index in [0.717, 1.165) is 5.69 Å². The number of hydrogen-bond acceptors (Lipinski definition) is 2. The second-order valence-corrected chi connectivity index (χ2v) is 3.25. The van der Waals surface area contributed by atoms with Gasteiger partial charge in [-0.3, -0.25) is 9.59 Å². The van der Waals surface area contributed by atoms with Gasteiger partial charge in [0.1, 0.15) is 5.56 Å². The summed E-state index contributed by atoms with van der Waals surface area (Å²) in [5.41, 5.74) is 6.51. The molecule has 0 fully saturated rings. The Balaban J connectivity index is 3.64. The van der Waals surface area contributed by atoms with Gasteiger partial charge in [-0.2, -0.15) is 0 Å². The van der Waals surface area contributed by atoms with Crippen LogP contribution in [0, 0.1) is 6.92 Å². The molecule has 1 amide bonds. The Morgan fingerprint density at radius 2 is 2.14 bits per heavy atom. The van der Waals surface area contributed by atoms with Crippen LogP contribution in [0.2, 0.25) is 0 Å². The Morgan fingerprint density at radius 1 is 1.57 bits per heavy atom. The highest BCUT2D eigenvalue weighted by atomic mass is 16.2. The Hall–Kier alpha value is -1.58. The number of carbonyl (C=O) groups is 1. The molecule has 1 rings (SSSR count). The number of primary amides is 1. The first kappa shape index (κ1) is 10.5. The number of amides is 1. The van der Waals surface area contributed by atoms with Crippen LogP contribution in [-0.2, 0) is 13.5 Å². The predicted molar refractivity (Wildman–Crippen MR) is 54.3 cm³/mol. The minimum Gasteiger partial charge on any atom is -0.365 e. The highest BCUT2D eigenvalue weighted by Crippen LogP contribution is 2.06. The molecular formula is C10H14N2O2. The molecule has 0 aliphatic rings. The summed E-state index contributed by atoms with van der Waals surface area (Å²) in [6, 6.07) is 1.43. The van der Waals surface area contributed by atoms with Gasteiger partial charge in [0.15, 0.2) is 5.43 Å². The molecule has 0 bridgehead atoms. The highest BCUT2D eigenvalue weighted by Gasteiger charge is 2.14. The number of nitrogens with two attached hydrogens (primary N) is 1. The van der Waals surface area contributed by atoms with E-state index in [1.807, 2.05) is 25.5 Å². The van der Waals surface area contributed by atoms with Gasteiger partial charge in [0, 0.05) is 24.5 Å². The summed E-state index contributed by atoms with van der Waals surface area (Å²) in [6.45, 7) is 3.71. The van der Waals surface area contributed by atoms with Crippen LogP contribution >= 0.6 is 0 Å². The van der Waals surface area contributed by atoms with Gasteiger partial charge in [-0.25, -0.2) is 0 Å². The van der Waals surface area contributed by atoms with Crippen molar-refractivity contribution in [3.63, 3.8) is 0 Å². The van der Waals surface area contributed by atoms with Crippen molar-refractivity contribution >= 4 is 5.91 Å². The van der Waals surface area contributed by atoms with E-state index in [-0.39, 0.29) is 11.0 Å².